The van der Waals surface area contributed by atoms with Gasteiger partial charge < -0.3 is 9.47 Å². The maximum Gasteiger partial charge on any atom is 0.519 e. The Morgan fingerprint density at radius 2 is 1.07 bits per heavy atom. The largest absolute Gasteiger partial charge is 0.519 e. The van der Waals surface area contributed by atoms with Crippen molar-refractivity contribution in [3.63, 3.8) is 0 Å². The standard InChI is InChI=1S/C25H26O3/c1-5-9-19-13-15-23(21(17-19)11-7-3)27-25(26)28-24-16-14-20(10-6-2)18-22(24)12-8-4/h5-8,13-18H,1-4,9-12H2. The van der Waals surface area contributed by atoms with Gasteiger partial charge in [0.2, 0.25) is 0 Å². The predicted molar refractivity (Wildman–Crippen MR) is 115 cm³/mol. The van der Waals surface area contributed by atoms with Crippen LogP contribution in [0.25, 0.3) is 0 Å². The average molecular weight is 374 g/mol. The summed E-state index contributed by atoms with van der Waals surface area (Å²) in [6.07, 6.45) is 9.10. The van der Waals surface area contributed by atoms with Gasteiger partial charge in [-0.05, 0) is 60.1 Å². The smallest absolute Gasteiger partial charge is 0.394 e. The van der Waals surface area contributed by atoms with Gasteiger partial charge in [0.05, 0.1) is 0 Å². The van der Waals surface area contributed by atoms with Crippen molar-refractivity contribution in [2.75, 3.05) is 0 Å². The lowest BCUT2D eigenvalue weighted by molar-refractivity contribution is 0.151. The number of carbonyl (C=O) groups excluding carboxylic acids is 1. The van der Waals surface area contributed by atoms with Crippen LogP contribution in [0.4, 0.5) is 4.79 Å². The highest BCUT2D eigenvalue weighted by Gasteiger charge is 2.14. The molecule has 144 valence electrons. The molecule has 0 bridgehead atoms. The van der Waals surface area contributed by atoms with Crippen LogP contribution < -0.4 is 9.47 Å². The summed E-state index contributed by atoms with van der Waals surface area (Å²) >= 11 is 0. The van der Waals surface area contributed by atoms with E-state index < -0.39 is 6.16 Å². The molecule has 0 radical (unpaired) electrons. The minimum Gasteiger partial charge on any atom is -0.394 e. The topological polar surface area (TPSA) is 35.5 Å². The number of carbonyl (C=O) groups is 1. The number of benzene rings is 2. The zero-order chi connectivity index (χ0) is 20.4. The van der Waals surface area contributed by atoms with Gasteiger partial charge in [-0.2, -0.15) is 0 Å². The van der Waals surface area contributed by atoms with Gasteiger partial charge in [0, 0.05) is 0 Å². The third kappa shape index (κ3) is 5.85. The molecule has 0 aromatic heterocycles. The molecule has 0 amide bonds. The Balaban J connectivity index is 2.19. The van der Waals surface area contributed by atoms with Gasteiger partial charge in [0.15, 0.2) is 0 Å². The number of hydrogen-bond donors (Lipinski definition) is 0. The summed E-state index contributed by atoms with van der Waals surface area (Å²) < 4.78 is 10.9. The lowest BCUT2D eigenvalue weighted by Crippen LogP contribution is -2.16. The van der Waals surface area contributed by atoms with Crippen molar-refractivity contribution < 1.29 is 14.3 Å². The van der Waals surface area contributed by atoms with E-state index in [0.29, 0.717) is 24.3 Å². The van der Waals surface area contributed by atoms with Crippen LogP contribution in [0.1, 0.15) is 22.3 Å². The van der Waals surface area contributed by atoms with E-state index in [1.165, 1.54) is 0 Å². The van der Waals surface area contributed by atoms with E-state index in [0.717, 1.165) is 35.1 Å². The molecule has 0 aliphatic heterocycles. The van der Waals surface area contributed by atoms with E-state index in [2.05, 4.69) is 26.3 Å². The lowest BCUT2D eigenvalue weighted by atomic mass is 10.0. The molecule has 2 aromatic carbocycles. The summed E-state index contributed by atoms with van der Waals surface area (Å²) in [5, 5.41) is 0. The van der Waals surface area contributed by atoms with Gasteiger partial charge in [0.1, 0.15) is 11.5 Å². The summed E-state index contributed by atoms with van der Waals surface area (Å²) in [5.74, 6) is 0.928. The molecule has 28 heavy (non-hydrogen) atoms. The van der Waals surface area contributed by atoms with Gasteiger partial charge in [-0.25, -0.2) is 4.79 Å². The van der Waals surface area contributed by atoms with E-state index in [4.69, 9.17) is 9.47 Å². The van der Waals surface area contributed by atoms with Gasteiger partial charge >= 0.3 is 6.16 Å². The molecule has 2 rings (SSSR count). The SMILES string of the molecule is C=CCc1ccc(OC(=O)Oc2ccc(CC=C)cc2CC=C)c(CC=C)c1. The lowest BCUT2D eigenvalue weighted by Gasteiger charge is -2.13. The Kier molecular flexibility index (Phi) is 8.04. The zero-order valence-corrected chi connectivity index (χ0v) is 16.2. The Morgan fingerprint density at radius 3 is 1.43 bits per heavy atom. The molecular weight excluding hydrogens is 348 g/mol. The Hall–Kier alpha value is -3.33. The minimum absolute atomic E-state index is 0.464. The van der Waals surface area contributed by atoms with E-state index in [1.54, 1.807) is 24.3 Å². The highest BCUT2D eigenvalue weighted by Crippen LogP contribution is 2.25. The van der Waals surface area contributed by atoms with E-state index in [9.17, 15) is 4.79 Å². The summed E-state index contributed by atoms with van der Waals surface area (Å²) in [5.41, 5.74) is 3.94. The van der Waals surface area contributed by atoms with Crippen LogP contribution in [0.2, 0.25) is 0 Å². The molecule has 0 saturated carbocycles. The van der Waals surface area contributed by atoms with Gasteiger partial charge in [-0.1, -0.05) is 48.6 Å². The number of allylic oxidation sites excluding steroid dienone is 4. The molecule has 0 atom stereocenters. The number of hydrogen-bond acceptors (Lipinski definition) is 3. The van der Waals surface area contributed by atoms with Crippen LogP contribution in [0.15, 0.2) is 87.0 Å². The van der Waals surface area contributed by atoms with Gasteiger partial charge in [-0.3, -0.25) is 0 Å². The van der Waals surface area contributed by atoms with Crippen molar-refractivity contribution in [2.24, 2.45) is 0 Å². The third-order valence-corrected chi connectivity index (χ3v) is 4.12. The fourth-order valence-electron chi connectivity index (χ4n) is 2.88. The van der Waals surface area contributed by atoms with Crippen LogP contribution in [-0.4, -0.2) is 6.16 Å². The normalized spacial score (nSPS) is 10.0. The summed E-state index contributed by atoms with van der Waals surface area (Å²) in [6.45, 7) is 15.0. The highest BCUT2D eigenvalue weighted by atomic mass is 16.7. The monoisotopic (exact) mass is 374 g/mol. The highest BCUT2D eigenvalue weighted by molar-refractivity contribution is 5.68. The Morgan fingerprint density at radius 1 is 0.679 bits per heavy atom. The van der Waals surface area contributed by atoms with Crippen LogP contribution in [0.5, 0.6) is 11.5 Å². The fourth-order valence-corrected chi connectivity index (χ4v) is 2.88. The Bertz CT molecular complexity index is 806. The average Bonchev–Trinajstić information content (AvgIpc) is 2.67. The molecule has 3 heteroatoms. The molecule has 0 aliphatic carbocycles. The minimum atomic E-state index is -0.774. The second-order valence-corrected chi connectivity index (χ2v) is 6.31. The van der Waals surface area contributed by atoms with Crippen molar-refractivity contribution in [1.29, 1.82) is 0 Å². The van der Waals surface area contributed by atoms with Crippen molar-refractivity contribution in [1.82, 2.24) is 0 Å². The first-order valence-corrected chi connectivity index (χ1v) is 9.18. The van der Waals surface area contributed by atoms with Crippen LogP contribution >= 0.6 is 0 Å². The molecule has 0 heterocycles. The van der Waals surface area contributed by atoms with Crippen LogP contribution in [-0.2, 0) is 25.7 Å². The summed E-state index contributed by atoms with van der Waals surface area (Å²) in [6, 6.07) is 11.3. The molecule has 0 saturated heterocycles. The van der Waals surface area contributed by atoms with Crippen molar-refractivity contribution in [2.45, 2.75) is 25.7 Å². The van der Waals surface area contributed by atoms with Crippen molar-refractivity contribution in [3.8, 4) is 11.5 Å². The quantitative estimate of drug-likeness (QED) is 0.283. The molecule has 0 aliphatic rings. The van der Waals surface area contributed by atoms with E-state index in [1.807, 2.05) is 36.4 Å². The summed E-state index contributed by atoms with van der Waals surface area (Å²) in [4.78, 5) is 12.4. The predicted octanol–water partition coefficient (Wildman–Crippen LogP) is 6.18. The molecular formula is C25H26O3. The zero-order valence-electron chi connectivity index (χ0n) is 16.2. The first kappa shape index (κ1) is 21.0. The maximum atomic E-state index is 12.4. The number of ether oxygens (including phenoxy) is 2. The molecule has 3 nitrogen and oxygen atoms in total. The first-order chi connectivity index (χ1) is 13.6. The molecule has 0 fully saturated rings. The van der Waals surface area contributed by atoms with Gasteiger partial charge in [-0.15, -0.1) is 26.3 Å². The van der Waals surface area contributed by atoms with Crippen LogP contribution in [0.3, 0.4) is 0 Å². The molecule has 0 spiro atoms. The second kappa shape index (κ2) is 10.7. The molecule has 0 unspecified atom stereocenters. The van der Waals surface area contributed by atoms with Gasteiger partial charge in [0.25, 0.3) is 0 Å². The first-order valence-electron chi connectivity index (χ1n) is 9.18. The van der Waals surface area contributed by atoms with Crippen molar-refractivity contribution in [3.05, 3.63) is 109 Å². The summed E-state index contributed by atoms with van der Waals surface area (Å²) in [7, 11) is 0. The molecule has 2 aromatic rings. The molecule has 0 N–H and O–H groups in total. The third-order valence-electron chi connectivity index (χ3n) is 4.12. The Labute approximate surface area is 167 Å². The van der Waals surface area contributed by atoms with Crippen LogP contribution in [0, 0.1) is 0 Å². The maximum absolute atomic E-state index is 12.4. The number of rotatable bonds is 10. The van der Waals surface area contributed by atoms with E-state index >= 15 is 0 Å². The second-order valence-electron chi connectivity index (χ2n) is 6.31. The fraction of sp³-hybridized carbons (Fsp3) is 0.160. The van der Waals surface area contributed by atoms with E-state index in [-0.39, 0.29) is 0 Å². The van der Waals surface area contributed by atoms with Crippen molar-refractivity contribution >= 4 is 6.16 Å².